The van der Waals surface area contributed by atoms with Gasteiger partial charge in [0.25, 0.3) is 0 Å². The van der Waals surface area contributed by atoms with E-state index in [-0.39, 0.29) is 0 Å². The van der Waals surface area contributed by atoms with E-state index >= 15 is 0 Å². The van der Waals surface area contributed by atoms with E-state index < -0.39 is 0 Å². The van der Waals surface area contributed by atoms with Gasteiger partial charge >= 0.3 is 0 Å². The summed E-state index contributed by atoms with van der Waals surface area (Å²) in [6, 6.07) is 17.2. The molecule has 0 saturated carbocycles. The van der Waals surface area contributed by atoms with Crippen LogP contribution in [-0.2, 0) is 6.42 Å². The van der Waals surface area contributed by atoms with Crippen molar-refractivity contribution in [1.82, 2.24) is 0 Å². The Hall–Kier alpha value is -1.76. The predicted molar refractivity (Wildman–Crippen MR) is 80.9 cm³/mol. The summed E-state index contributed by atoms with van der Waals surface area (Å²) in [6.07, 6.45) is 2.29. The van der Waals surface area contributed by atoms with Gasteiger partial charge in [-0.25, -0.2) is 0 Å². The van der Waals surface area contributed by atoms with Gasteiger partial charge in [0.2, 0.25) is 0 Å². The number of rotatable bonds is 5. The monoisotopic (exact) mass is 254 g/mol. The fraction of sp³-hybridized carbons (Fsp3) is 0.333. The Morgan fingerprint density at radius 3 is 2.42 bits per heavy atom. The molecule has 0 aliphatic rings. The van der Waals surface area contributed by atoms with Gasteiger partial charge in [-0.2, -0.15) is 0 Å². The fourth-order valence-corrected chi connectivity index (χ4v) is 2.32. The van der Waals surface area contributed by atoms with Gasteiger partial charge in [0, 0.05) is 0 Å². The lowest BCUT2D eigenvalue weighted by Crippen LogP contribution is -1.97. The van der Waals surface area contributed by atoms with Crippen LogP contribution in [0.15, 0.2) is 48.5 Å². The van der Waals surface area contributed by atoms with Gasteiger partial charge in [-0.15, -0.1) is 0 Å². The van der Waals surface area contributed by atoms with Gasteiger partial charge in [0.05, 0.1) is 7.11 Å². The molecule has 0 aliphatic carbocycles. The second-order valence-electron chi connectivity index (χ2n) is 5.20. The Kier molecular flexibility index (Phi) is 4.62. The lowest BCUT2D eigenvalue weighted by Gasteiger charge is -2.12. The first kappa shape index (κ1) is 13.7. The van der Waals surface area contributed by atoms with E-state index in [1.165, 1.54) is 23.1 Å². The summed E-state index contributed by atoms with van der Waals surface area (Å²) >= 11 is 0. The van der Waals surface area contributed by atoms with Gasteiger partial charge in [0.1, 0.15) is 5.75 Å². The summed E-state index contributed by atoms with van der Waals surface area (Å²) in [5.74, 6) is 1.53. The molecule has 0 bridgehead atoms. The summed E-state index contributed by atoms with van der Waals surface area (Å²) in [5.41, 5.74) is 4.16. The van der Waals surface area contributed by atoms with E-state index in [0.717, 1.165) is 12.2 Å². The van der Waals surface area contributed by atoms with Gasteiger partial charge in [-0.3, -0.25) is 0 Å². The number of benzene rings is 2. The Morgan fingerprint density at radius 1 is 1.05 bits per heavy atom. The molecule has 1 atom stereocenters. The van der Waals surface area contributed by atoms with E-state index in [1.54, 1.807) is 7.11 Å². The summed E-state index contributed by atoms with van der Waals surface area (Å²) in [7, 11) is 1.70. The highest BCUT2D eigenvalue weighted by Gasteiger charge is 2.06. The lowest BCUT2D eigenvalue weighted by molar-refractivity contribution is 0.414. The zero-order valence-electron chi connectivity index (χ0n) is 12.0. The molecule has 0 N–H and O–H groups in total. The van der Waals surface area contributed by atoms with Crippen molar-refractivity contribution in [3.05, 3.63) is 65.2 Å². The minimum Gasteiger partial charge on any atom is -0.497 e. The maximum absolute atomic E-state index is 5.18. The maximum Gasteiger partial charge on any atom is 0.118 e. The summed E-state index contributed by atoms with van der Waals surface area (Å²) < 4.78 is 5.18. The Morgan fingerprint density at radius 2 is 1.79 bits per heavy atom. The lowest BCUT2D eigenvalue weighted by atomic mass is 9.93. The standard InChI is InChI=1S/C18H22O/c1-14-5-4-6-17(13-14)15(2)7-8-16-9-11-18(19-3)12-10-16/h4-6,9-13,15H,7-8H2,1-3H3. The van der Waals surface area contributed by atoms with Gasteiger partial charge in [-0.1, -0.05) is 48.9 Å². The van der Waals surface area contributed by atoms with E-state index in [1.807, 2.05) is 12.1 Å². The highest BCUT2D eigenvalue weighted by Crippen LogP contribution is 2.22. The molecule has 0 aliphatic heterocycles. The van der Waals surface area contributed by atoms with Crippen molar-refractivity contribution in [3.63, 3.8) is 0 Å². The van der Waals surface area contributed by atoms with Crippen molar-refractivity contribution in [2.24, 2.45) is 0 Å². The molecule has 0 radical (unpaired) electrons. The van der Waals surface area contributed by atoms with Crippen molar-refractivity contribution in [2.45, 2.75) is 32.6 Å². The molecule has 1 heteroatoms. The Balaban J connectivity index is 1.94. The van der Waals surface area contributed by atoms with Gasteiger partial charge in [-0.05, 0) is 48.9 Å². The molecule has 1 unspecified atom stereocenters. The number of ether oxygens (including phenoxy) is 1. The molecular formula is C18H22O. The van der Waals surface area contributed by atoms with E-state index in [4.69, 9.17) is 4.74 Å². The van der Waals surface area contributed by atoms with Crippen molar-refractivity contribution in [3.8, 4) is 5.75 Å². The minimum absolute atomic E-state index is 0.599. The number of methoxy groups -OCH3 is 1. The average Bonchev–Trinajstić information content (AvgIpc) is 2.45. The molecule has 2 rings (SSSR count). The predicted octanol–water partition coefficient (Wildman–Crippen LogP) is 4.74. The van der Waals surface area contributed by atoms with Crippen LogP contribution in [0.3, 0.4) is 0 Å². The maximum atomic E-state index is 5.18. The van der Waals surface area contributed by atoms with Crippen LogP contribution in [0.1, 0.15) is 36.0 Å². The van der Waals surface area contributed by atoms with Crippen LogP contribution in [-0.4, -0.2) is 7.11 Å². The van der Waals surface area contributed by atoms with Crippen LogP contribution in [0.5, 0.6) is 5.75 Å². The first-order valence-electron chi connectivity index (χ1n) is 6.88. The largest absolute Gasteiger partial charge is 0.497 e. The highest BCUT2D eigenvalue weighted by atomic mass is 16.5. The summed E-state index contributed by atoms with van der Waals surface area (Å²) in [5, 5.41) is 0. The van der Waals surface area contributed by atoms with Crippen LogP contribution in [0, 0.1) is 6.92 Å². The third kappa shape index (κ3) is 3.85. The highest BCUT2D eigenvalue weighted by molar-refractivity contribution is 5.28. The molecule has 0 amide bonds. The normalized spacial score (nSPS) is 12.2. The number of hydrogen-bond acceptors (Lipinski definition) is 1. The van der Waals surface area contributed by atoms with Crippen molar-refractivity contribution in [1.29, 1.82) is 0 Å². The van der Waals surface area contributed by atoms with E-state index in [2.05, 4.69) is 50.2 Å². The van der Waals surface area contributed by atoms with Crippen LogP contribution < -0.4 is 4.74 Å². The molecule has 2 aromatic rings. The molecule has 2 aromatic carbocycles. The Bertz CT molecular complexity index is 513. The molecule has 0 fully saturated rings. The zero-order chi connectivity index (χ0) is 13.7. The summed E-state index contributed by atoms with van der Waals surface area (Å²) in [4.78, 5) is 0. The Labute approximate surface area is 116 Å². The van der Waals surface area contributed by atoms with Gasteiger partial charge in [0.15, 0.2) is 0 Å². The molecule has 0 aromatic heterocycles. The topological polar surface area (TPSA) is 9.23 Å². The van der Waals surface area contributed by atoms with Crippen molar-refractivity contribution < 1.29 is 4.74 Å². The van der Waals surface area contributed by atoms with Crippen LogP contribution >= 0.6 is 0 Å². The number of aryl methyl sites for hydroxylation is 2. The van der Waals surface area contributed by atoms with Crippen LogP contribution in [0.25, 0.3) is 0 Å². The molecule has 0 spiro atoms. The summed E-state index contributed by atoms with van der Waals surface area (Å²) in [6.45, 7) is 4.46. The quantitative estimate of drug-likeness (QED) is 0.749. The van der Waals surface area contributed by atoms with E-state index in [0.29, 0.717) is 5.92 Å². The second kappa shape index (κ2) is 6.42. The molecule has 19 heavy (non-hydrogen) atoms. The fourth-order valence-electron chi connectivity index (χ4n) is 2.32. The minimum atomic E-state index is 0.599. The van der Waals surface area contributed by atoms with Crippen LogP contribution in [0.2, 0.25) is 0 Å². The molecule has 1 nitrogen and oxygen atoms in total. The molecular weight excluding hydrogens is 232 g/mol. The third-order valence-corrected chi connectivity index (χ3v) is 3.64. The van der Waals surface area contributed by atoms with Crippen LogP contribution in [0.4, 0.5) is 0 Å². The number of hydrogen-bond donors (Lipinski definition) is 0. The average molecular weight is 254 g/mol. The van der Waals surface area contributed by atoms with E-state index in [9.17, 15) is 0 Å². The van der Waals surface area contributed by atoms with Crippen molar-refractivity contribution in [2.75, 3.05) is 7.11 Å². The molecule has 100 valence electrons. The molecule has 0 heterocycles. The first-order chi connectivity index (χ1) is 9.19. The smallest absolute Gasteiger partial charge is 0.118 e. The van der Waals surface area contributed by atoms with Gasteiger partial charge < -0.3 is 4.74 Å². The second-order valence-corrected chi connectivity index (χ2v) is 5.20. The zero-order valence-corrected chi connectivity index (χ0v) is 12.0. The molecule has 0 saturated heterocycles. The first-order valence-corrected chi connectivity index (χ1v) is 6.88. The van der Waals surface area contributed by atoms with Crippen molar-refractivity contribution >= 4 is 0 Å². The SMILES string of the molecule is COc1ccc(CCC(C)c2cccc(C)c2)cc1. The third-order valence-electron chi connectivity index (χ3n) is 3.64.